The molecule has 0 aliphatic carbocycles. The predicted octanol–water partition coefficient (Wildman–Crippen LogP) is 3.37. The van der Waals surface area contributed by atoms with E-state index >= 15 is 0 Å². The van der Waals surface area contributed by atoms with E-state index in [0.29, 0.717) is 16.0 Å². The molecular formula is C13H12ClN3OS. The van der Waals surface area contributed by atoms with Crippen molar-refractivity contribution >= 4 is 41.8 Å². The number of amides is 1. The number of hydrogen-bond acceptors (Lipinski definition) is 3. The zero-order valence-corrected chi connectivity index (χ0v) is 12.1. The zero-order chi connectivity index (χ0) is 13.7. The Morgan fingerprint density at radius 3 is 2.79 bits per heavy atom. The Kier molecular flexibility index (Phi) is 2.83. The third kappa shape index (κ3) is 1.84. The van der Waals surface area contributed by atoms with Crippen LogP contribution in [0.3, 0.4) is 0 Å². The van der Waals surface area contributed by atoms with Gasteiger partial charge in [-0.3, -0.25) is 9.36 Å². The van der Waals surface area contributed by atoms with Gasteiger partial charge in [0.1, 0.15) is 6.04 Å². The average Bonchev–Trinajstić information content (AvgIpc) is 2.80. The van der Waals surface area contributed by atoms with Crippen LogP contribution in [0.5, 0.6) is 0 Å². The van der Waals surface area contributed by atoms with Crippen molar-refractivity contribution in [2.24, 2.45) is 0 Å². The maximum absolute atomic E-state index is 12.4. The molecule has 0 fully saturated rings. The molecule has 1 unspecified atom stereocenters. The molecule has 1 aromatic carbocycles. The molecule has 0 radical (unpaired) electrons. The average molecular weight is 294 g/mol. The molecule has 19 heavy (non-hydrogen) atoms. The summed E-state index contributed by atoms with van der Waals surface area (Å²) >= 11 is 10.4. The highest BCUT2D eigenvalue weighted by Gasteiger charge is 2.37. The first kappa shape index (κ1) is 12.6. The first-order valence-corrected chi connectivity index (χ1v) is 6.69. The van der Waals surface area contributed by atoms with Crippen molar-refractivity contribution in [3.8, 4) is 0 Å². The van der Waals surface area contributed by atoms with E-state index in [-0.39, 0.29) is 11.9 Å². The second-order valence-corrected chi connectivity index (χ2v) is 5.52. The van der Waals surface area contributed by atoms with Crippen LogP contribution < -0.4 is 4.90 Å². The largest absolute Gasteiger partial charge is 0.292 e. The van der Waals surface area contributed by atoms with Crippen molar-refractivity contribution in [3.63, 3.8) is 0 Å². The monoisotopic (exact) mass is 293 g/mol. The Balaban J connectivity index is 2.17. The van der Waals surface area contributed by atoms with E-state index in [1.54, 1.807) is 17.2 Å². The lowest BCUT2D eigenvalue weighted by atomic mass is 10.2. The van der Waals surface area contributed by atoms with Crippen LogP contribution in [0.25, 0.3) is 0 Å². The number of imidazole rings is 1. The highest BCUT2D eigenvalue weighted by atomic mass is 35.5. The van der Waals surface area contributed by atoms with Gasteiger partial charge in [0.05, 0.1) is 16.9 Å². The van der Waals surface area contributed by atoms with Crippen LogP contribution in [0.1, 0.15) is 18.5 Å². The molecule has 2 aromatic rings. The van der Waals surface area contributed by atoms with Crippen LogP contribution in [0.15, 0.2) is 29.4 Å². The number of carbonyl (C=O) groups is 1. The number of hydrogen-bond donors (Lipinski definition) is 1. The smallest absolute Gasteiger partial charge is 0.256 e. The van der Waals surface area contributed by atoms with Gasteiger partial charge in [0.2, 0.25) is 5.95 Å². The Morgan fingerprint density at radius 2 is 2.11 bits per heavy atom. The highest BCUT2D eigenvalue weighted by Crippen LogP contribution is 2.38. The number of nitrogens with zero attached hydrogens (tertiary/aromatic N) is 3. The molecule has 0 saturated heterocycles. The number of fused-ring (bicyclic) bond motifs is 1. The molecule has 3 rings (SSSR count). The van der Waals surface area contributed by atoms with E-state index in [1.807, 2.05) is 30.5 Å². The summed E-state index contributed by atoms with van der Waals surface area (Å²) in [5.41, 5.74) is 1.73. The molecule has 0 spiro atoms. The molecule has 6 heteroatoms. The molecule has 4 nitrogen and oxygen atoms in total. The Morgan fingerprint density at radius 1 is 1.37 bits per heavy atom. The Bertz CT molecular complexity index is 662. The summed E-state index contributed by atoms with van der Waals surface area (Å²) in [6.45, 7) is 3.78. The van der Waals surface area contributed by atoms with Crippen molar-refractivity contribution in [1.82, 2.24) is 9.55 Å². The van der Waals surface area contributed by atoms with E-state index in [1.165, 1.54) is 0 Å². The molecule has 2 heterocycles. The van der Waals surface area contributed by atoms with E-state index in [0.717, 1.165) is 11.3 Å². The number of aryl methyl sites for hydroxylation is 1. The standard InChI is InChI=1S/C13H12ClN3OS/c1-7-3-9(14)5-10(4-7)17-12(18)8(2)16-11(19)6-15-13(16)17/h3-6,8,19H,1-2H3. The second kappa shape index (κ2) is 4.28. The van der Waals surface area contributed by atoms with Gasteiger partial charge in [0.25, 0.3) is 5.91 Å². The van der Waals surface area contributed by atoms with Crippen LogP contribution in [0.4, 0.5) is 11.6 Å². The molecule has 1 atom stereocenters. The van der Waals surface area contributed by atoms with Gasteiger partial charge < -0.3 is 0 Å². The SMILES string of the molecule is Cc1cc(Cl)cc(N2C(=O)C(C)n3c(S)cnc32)c1. The van der Waals surface area contributed by atoms with E-state index in [4.69, 9.17) is 11.6 Å². The molecule has 0 N–H and O–H groups in total. The minimum Gasteiger partial charge on any atom is -0.292 e. The van der Waals surface area contributed by atoms with E-state index in [9.17, 15) is 4.79 Å². The van der Waals surface area contributed by atoms with Gasteiger partial charge in [0.15, 0.2) is 0 Å². The van der Waals surface area contributed by atoms with Crippen molar-refractivity contribution in [3.05, 3.63) is 35.0 Å². The van der Waals surface area contributed by atoms with Gasteiger partial charge in [-0.25, -0.2) is 9.88 Å². The first-order chi connectivity index (χ1) is 8.99. The Labute approximate surface area is 121 Å². The fourth-order valence-corrected chi connectivity index (χ4v) is 2.97. The lowest BCUT2D eigenvalue weighted by Gasteiger charge is -2.15. The number of aromatic nitrogens is 2. The number of carbonyl (C=O) groups excluding carboxylic acids is 1. The van der Waals surface area contributed by atoms with Crippen molar-refractivity contribution in [2.45, 2.75) is 24.9 Å². The molecule has 0 bridgehead atoms. The number of halogens is 1. The van der Waals surface area contributed by atoms with Crippen molar-refractivity contribution < 1.29 is 4.79 Å². The van der Waals surface area contributed by atoms with Crippen LogP contribution in [-0.2, 0) is 4.79 Å². The van der Waals surface area contributed by atoms with Gasteiger partial charge in [0, 0.05) is 5.02 Å². The highest BCUT2D eigenvalue weighted by molar-refractivity contribution is 7.80. The molecule has 1 aromatic heterocycles. The van der Waals surface area contributed by atoms with Gasteiger partial charge in [-0.05, 0) is 37.6 Å². The molecule has 1 aliphatic rings. The summed E-state index contributed by atoms with van der Waals surface area (Å²) in [5, 5.41) is 1.28. The van der Waals surface area contributed by atoms with Crippen molar-refractivity contribution in [1.29, 1.82) is 0 Å². The van der Waals surface area contributed by atoms with Crippen molar-refractivity contribution in [2.75, 3.05) is 4.90 Å². The second-order valence-electron chi connectivity index (χ2n) is 4.62. The van der Waals surface area contributed by atoms with Gasteiger partial charge in [-0.1, -0.05) is 11.6 Å². The zero-order valence-electron chi connectivity index (χ0n) is 10.5. The Hall–Kier alpha value is -1.46. The van der Waals surface area contributed by atoms with Crippen LogP contribution in [0.2, 0.25) is 5.02 Å². The minimum atomic E-state index is -0.302. The lowest BCUT2D eigenvalue weighted by molar-refractivity contribution is -0.119. The normalized spacial score (nSPS) is 18.0. The molecular weight excluding hydrogens is 282 g/mol. The lowest BCUT2D eigenvalue weighted by Crippen LogP contribution is -2.23. The summed E-state index contributed by atoms with van der Waals surface area (Å²) in [5.74, 6) is 0.559. The first-order valence-electron chi connectivity index (χ1n) is 5.86. The third-order valence-electron chi connectivity index (χ3n) is 3.21. The maximum Gasteiger partial charge on any atom is 0.256 e. The fraction of sp³-hybridized carbons (Fsp3) is 0.231. The number of rotatable bonds is 1. The third-order valence-corrected chi connectivity index (χ3v) is 3.76. The topological polar surface area (TPSA) is 38.1 Å². The summed E-state index contributed by atoms with van der Waals surface area (Å²) in [4.78, 5) is 18.2. The quantitative estimate of drug-likeness (QED) is 0.819. The van der Waals surface area contributed by atoms with Gasteiger partial charge in [-0.15, -0.1) is 12.6 Å². The number of anilines is 2. The van der Waals surface area contributed by atoms with Crippen LogP contribution in [0, 0.1) is 6.92 Å². The molecule has 1 amide bonds. The van der Waals surface area contributed by atoms with Crippen LogP contribution in [-0.4, -0.2) is 15.5 Å². The minimum absolute atomic E-state index is 0.0277. The fourth-order valence-electron chi connectivity index (χ4n) is 2.36. The van der Waals surface area contributed by atoms with Crippen LogP contribution >= 0.6 is 24.2 Å². The van der Waals surface area contributed by atoms with E-state index in [2.05, 4.69) is 17.6 Å². The van der Waals surface area contributed by atoms with Gasteiger partial charge in [-0.2, -0.15) is 0 Å². The molecule has 0 saturated carbocycles. The molecule has 98 valence electrons. The summed E-state index contributed by atoms with van der Waals surface area (Å²) < 4.78 is 1.81. The maximum atomic E-state index is 12.4. The molecule has 1 aliphatic heterocycles. The van der Waals surface area contributed by atoms with E-state index < -0.39 is 0 Å². The summed E-state index contributed by atoms with van der Waals surface area (Å²) in [6.07, 6.45) is 1.64. The predicted molar refractivity (Wildman–Crippen MR) is 77.5 cm³/mol. The summed E-state index contributed by atoms with van der Waals surface area (Å²) in [7, 11) is 0. The number of benzene rings is 1. The summed E-state index contributed by atoms with van der Waals surface area (Å²) in [6, 6.07) is 5.23. The van der Waals surface area contributed by atoms with Gasteiger partial charge >= 0.3 is 0 Å². The number of thiol groups is 1.